The number of hydrogen-bond donors (Lipinski definition) is 0. The summed E-state index contributed by atoms with van der Waals surface area (Å²) in [5, 5.41) is 0. The lowest BCUT2D eigenvalue weighted by Gasteiger charge is -2.54. The van der Waals surface area contributed by atoms with Crippen LogP contribution < -0.4 is 0 Å². The average molecular weight is 318 g/mol. The molecule has 1 aliphatic heterocycles. The number of carbonyl (C=O) groups excluding carboxylic acids is 2. The summed E-state index contributed by atoms with van der Waals surface area (Å²) < 4.78 is 0. The highest BCUT2D eigenvalue weighted by Crippen LogP contribution is 2.56. The summed E-state index contributed by atoms with van der Waals surface area (Å²) in [5.41, 5.74) is 0. The zero-order valence-corrected chi connectivity index (χ0v) is 14.5. The van der Waals surface area contributed by atoms with Crippen molar-refractivity contribution >= 4 is 11.8 Å². The monoisotopic (exact) mass is 318 g/mol. The summed E-state index contributed by atoms with van der Waals surface area (Å²) in [6.07, 6.45) is 8.34. The molecule has 0 atom stereocenters. The van der Waals surface area contributed by atoms with Gasteiger partial charge in [-0.3, -0.25) is 9.59 Å². The van der Waals surface area contributed by atoms with E-state index in [0.717, 1.165) is 37.8 Å². The third-order valence-corrected chi connectivity index (χ3v) is 7.11. The molecular weight excluding hydrogens is 288 g/mol. The van der Waals surface area contributed by atoms with E-state index in [1.54, 1.807) is 4.90 Å². The summed E-state index contributed by atoms with van der Waals surface area (Å²) in [5.74, 6) is 4.26. The molecule has 2 amide bonds. The molecule has 4 saturated carbocycles. The molecule has 128 valence electrons. The summed E-state index contributed by atoms with van der Waals surface area (Å²) in [7, 11) is 3.66. The zero-order valence-electron chi connectivity index (χ0n) is 14.5. The Morgan fingerprint density at radius 2 is 1.39 bits per heavy atom. The van der Waals surface area contributed by atoms with Crippen LogP contribution in [0.1, 0.15) is 44.9 Å². The first kappa shape index (κ1) is 15.5. The Balaban J connectivity index is 1.38. The molecule has 4 aliphatic carbocycles. The van der Waals surface area contributed by atoms with Gasteiger partial charge in [-0.05, 0) is 68.6 Å². The Hall–Kier alpha value is -1.06. The second-order valence-corrected chi connectivity index (χ2v) is 8.79. The lowest BCUT2D eigenvalue weighted by Crippen LogP contribution is -2.53. The molecule has 0 spiro atoms. The fraction of sp³-hybridized carbons (Fsp3) is 0.895. The van der Waals surface area contributed by atoms with Gasteiger partial charge in [-0.1, -0.05) is 0 Å². The summed E-state index contributed by atoms with van der Waals surface area (Å²) in [6.45, 7) is 1.57. The van der Waals surface area contributed by atoms with Gasteiger partial charge in [-0.15, -0.1) is 0 Å². The van der Waals surface area contributed by atoms with E-state index in [1.807, 2.05) is 14.1 Å². The SMILES string of the molecule is CN(C)C(=O)C1CCN(C(=O)C2C3CC4CC(C3)CC2C4)CC1. The number of carbonyl (C=O) groups is 2. The predicted molar refractivity (Wildman–Crippen MR) is 88.5 cm³/mol. The van der Waals surface area contributed by atoms with Crippen LogP contribution in [0.25, 0.3) is 0 Å². The first-order valence-electron chi connectivity index (χ1n) is 9.53. The van der Waals surface area contributed by atoms with Crippen molar-refractivity contribution in [1.82, 2.24) is 9.80 Å². The lowest BCUT2D eigenvalue weighted by molar-refractivity contribution is -0.152. The summed E-state index contributed by atoms with van der Waals surface area (Å²) >= 11 is 0. The van der Waals surface area contributed by atoms with Gasteiger partial charge in [0, 0.05) is 39.0 Å². The van der Waals surface area contributed by atoms with Crippen molar-refractivity contribution in [2.45, 2.75) is 44.9 Å². The molecule has 0 aromatic carbocycles. The van der Waals surface area contributed by atoms with Crippen LogP contribution >= 0.6 is 0 Å². The quantitative estimate of drug-likeness (QED) is 0.784. The number of nitrogens with zero attached hydrogens (tertiary/aromatic N) is 2. The second-order valence-electron chi connectivity index (χ2n) is 8.79. The fourth-order valence-corrected chi connectivity index (χ4v) is 6.25. The molecule has 5 rings (SSSR count). The number of rotatable bonds is 2. The second kappa shape index (κ2) is 5.78. The standard InChI is InChI=1S/C19H30N2O2/c1-20(2)18(22)14-3-5-21(6-4-14)19(23)17-15-8-12-7-13(10-15)11-16(17)9-12/h12-17H,3-11H2,1-2H3. The van der Waals surface area contributed by atoms with Crippen LogP contribution in [0.4, 0.5) is 0 Å². The maximum Gasteiger partial charge on any atom is 0.226 e. The molecule has 0 N–H and O–H groups in total. The van der Waals surface area contributed by atoms with Gasteiger partial charge >= 0.3 is 0 Å². The molecule has 1 heterocycles. The van der Waals surface area contributed by atoms with Crippen LogP contribution in [0.15, 0.2) is 0 Å². The van der Waals surface area contributed by atoms with E-state index in [2.05, 4.69) is 4.90 Å². The largest absolute Gasteiger partial charge is 0.349 e. The number of hydrogen-bond acceptors (Lipinski definition) is 2. The van der Waals surface area contributed by atoms with Crippen molar-refractivity contribution < 1.29 is 9.59 Å². The number of likely N-dealkylation sites (tertiary alicyclic amines) is 1. The third-order valence-electron chi connectivity index (χ3n) is 7.11. The van der Waals surface area contributed by atoms with Crippen LogP contribution in [0.2, 0.25) is 0 Å². The van der Waals surface area contributed by atoms with Gasteiger partial charge in [0.1, 0.15) is 0 Å². The molecule has 5 fully saturated rings. The van der Waals surface area contributed by atoms with Gasteiger partial charge in [0.15, 0.2) is 0 Å². The molecule has 4 nitrogen and oxygen atoms in total. The zero-order chi connectivity index (χ0) is 16.1. The smallest absolute Gasteiger partial charge is 0.226 e. The van der Waals surface area contributed by atoms with Gasteiger partial charge in [0.2, 0.25) is 11.8 Å². The predicted octanol–water partition coefficient (Wildman–Crippen LogP) is 2.39. The summed E-state index contributed by atoms with van der Waals surface area (Å²) in [4.78, 5) is 29.0. The summed E-state index contributed by atoms with van der Waals surface area (Å²) in [6, 6.07) is 0. The highest BCUT2D eigenvalue weighted by molar-refractivity contribution is 5.81. The van der Waals surface area contributed by atoms with Gasteiger partial charge < -0.3 is 9.80 Å². The van der Waals surface area contributed by atoms with E-state index in [-0.39, 0.29) is 11.8 Å². The molecule has 5 aliphatic rings. The minimum absolute atomic E-state index is 0.118. The average Bonchev–Trinajstić information content (AvgIpc) is 2.53. The normalized spacial score (nSPS) is 39.6. The van der Waals surface area contributed by atoms with Crippen LogP contribution in [0.5, 0.6) is 0 Å². The van der Waals surface area contributed by atoms with Crippen molar-refractivity contribution in [3.63, 3.8) is 0 Å². The van der Waals surface area contributed by atoms with Gasteiger partial charge in [0.25, 0.3) is 0 Å². The van der Waals surface area contributed by atoms with Crippen LogP contribution in [-0.2, 0) is 9.59 Å². The Morgan fingerprint density at radius 1 is 0.870 bits per heavy atom. The van der Waals surface area contributed by atoms with Crippen LogP contribution in [-0.4, -0.2) is 48.8 Å². The first-order valence-corrected chi connectivity index (χ1v) is 9.53. The van der Waals surface area contributed by atoms with E-state index >= 15 is 0 Å². The minimum atomic E-state index is 0.118. The Kier molecular flexibility index (Phi) is 3.89. The fourth-order valence-electron chi connectivity index (χ4n) is 6.25. The molecular formula is C19H30N2O2. The van der Waals surface area contributed by atoms with Crippen molar-refractivity contribution in [2.24, 2.45) is 35.5 Å². The van der Waals surface area contributed by atoms with E-state index in [9.17, 15) is 9.59 Å². The van der Waals surface area contributed by atoms with Crippen molar-refractivity contribution in [1.29, 1.82) is 0 Å². The van der Waals surface area contributed by atoms with Crippen molar-refractivity contribution in [3.8, 4) is 0 Å². The van der Waals surface area contributed by atoms with E-state index in [0.29, 0.717) is 23.7 Å². The maximum atomic E-state index is 13.1. The first-order chi connectivity index (χ1) is 11.0. The number of piperidine rings is 1. The maximum absolute atomic E-state index is 13.1. The molecule has 0 aromatic heterocycles. The highest BCUT2D eigenvalue weighted by Gasteiger charge is 2.51. The molecule has 0 unspecified atom stereocenters. The number of amides is 2. The van der Waals surface area contributed by atoms with E-state index in [4.69, 9.17) is 0 Å². The Morgan fingerprint density at radius 3 is 1.87 bits per heavy atom. The van der Waals surface area contributed by atoms with Crippen LogP contribution in [0.3, 0.4) is 0 Å². The van der Waals surface area contributed by atoms with Crippen molar-refractivity contribution in [3.05, 3.63) is 0 Å². The minimum Gasteiger partial charge on any atom is -0.349 e. The molecule has 0 radical (unpaired) electrons. The lowest BCUT2D eigenvalue weighted by atomic mass is 9.51. The van der Waals surface area contributed by atoms with Gasteiger partial charge in [-0.2, -0.15) is 0 Å². The van der Waals surface area contributed by atoms with E-state index < -0.39 is 0 Å². The Labute approximate surface area is 139 Å². The molecule has 23 heavy (non-hydrogen) atoms. The Bertz CT molecular complexity index is 466. The molecule has 4 heteroatoms. The van der Waals surface area contributed by atoms with Gasteiger partial charge in [0.05, 0.1) is 0 Å². The van der Waals surface area contributed by atoms with E-state index in [1.165, 1.54) is 32.1 Å². The van der Waals surface area contributed by atoms with Crippen molar-refractivity contribution in [2.75, 3.05) is 27.2 Å². The molecule has 4 bridgehead atoms. The molecule has 0 aromatic rings. The third kappa shape index (κ3) is 2.68. The van der Waals surface area contributed by atoms with Gasteiger partial charge in [-0.25, -0.2) is 0 Å². The topological polar surface area (TPSA) is 40.6 Å². The molecule has 1 saturated heterocycles. The highest BCUT2D eigenvalue weighted by atomic mass is 16.2. The van der Waals surface area contributed by atoms with Crippen LogP contribution in [0, 0.1) is 35.5 Å².